The molecule has 0 fully saturated rings. The Morgan fingerprint density at radius 2 is 2.04 bits per heavy atom. The molecule has 0 aliphatic heterocycles. The molecule has 1 heterocycles. The number of hydrogen-bond acceptors (Lipinski definition) is 4. The highest BCUT2D eigenvalue weighted by Crippen LogP contribution is 2.27. The number of H-pyrrole nitrogens is 1. The maximum absolute atomic E-state index is 12.5. The van der Waals surface area contributed by atoms with Gasteiger partial charge in [0.15, 0.2) is 5.16 Å². The van der Waals surface area contributed by atoms with Gasteiger partial charge in [0.2, 0.25) is 5.91 Å². The first-order valence-corrected chi connectivity index (χ1v) is 9.09. The lowest BCUT2D eigenvalue weighted by atomic mass is 10.2. The lowest BCUT2D eigenvalue weighted by molar-refractivity contribution is -0.115. The van der Waals surface area contributed by atoms with Gasteiger partial charge in [-0.1, -0.05) is 48.8 Å². The molecule has 1 aromatic heterocycles. The molecule has 1 atom stereocenters. The molecular weight excluding hydrogens is 369 g/mol. The molecule has 0 bridgehead atoms. The molecule has 24 heavy (non-hydrogen) atoms. The van der Waals surface area contributed by atoms with Crippen LogP contribution in [-0.4, -0.2) is 21.1 Å². The monoisotopic (exact) mass is 385 g/mol. The molecule has 1 amide bonds. The molecule has 2 rings (SSSR count). The molecule has 0 saturated heterocycles. The van der Waals surface area contributed by atoms with Crippen molar-refractivity contribution in [1.82, 2.24) is 9.97 Å². The van der Waals surface area contributed by atoms with E-state index in [4.69, 9.17) is 23.2 Å². The van der Waals surface area contributed by atoms with E-state index in [2.05, 4.69) is 15.3 Å². The first-order valence-electron chi connectivity index (χ1n) is 7.45. The minimum absolute atomic E-state index is 0.189. The molecule has 0 saturated carbocycles. The van der Waals surface area contributed by atoms with Crippen molar-refractivity contribution in [3.63, 3.8) is 0 Å². The number of benzene rings is 1. The molecular formula is C16H17Cl2N3O2S. The van der Waals surface area contributed by atoms with Crippen LogP contribution in [0.3, 0.4) is 0 Å². The Balaban J connectivity index is 2.12. The van der Waals surface area contributed by atoms with Crippen molar-refractivity contribution in [3.05, 3.63) is 50.4 Å². The Kier molecular flexibility index (Phi) is 6.71. The Morgan fingerprint density at radius 1 is 1.29 bits per heavy atom. The van der Waals surface area contributed by atoms with Gasteiger partial charge in [-0.3, -0.25) is 9.59 Å². The average molecular weight is 386 g/mol. The van der Waals surface area contributed by atoms with Crippen molar-refractivity contribution in [3.8, 4) is 0 Å². The standard InChI is InChI=1S/C16H17Cl2N3O2S/c1-3-9-8-14(22)21-16(20-9)24-13(4-2)15(23)19-10-5-6-11(17)12(18)7-10/h5-8,13H,3-4H2,1-2H3,(H,19,23)(H,20,21,22). The fourth-order valence-electron chi connectivity index (χ4n) is 1.97. The Morgan fingerprint density at radius 3 is 2.67 bits per heavy atom. The van der Waals surface area contributed by atoms with Crippen LogP contribution in [0.15, 0.2) is 34.2 Å². The number of aromatic nitrogens is 2. The fraction of sp³-hybridized carbons (Fsp3) is 0.312. The van der Waals surface area contributed by atoms with E-state index in [0.29, 0.717) is 39.4 Å². The van der Waals surface area contributed by atoms with Crippen LogP contribution in [0.25, 0.3) is 0 Å². The number of nitrogens with zero attached hydrogens (tertiary/aromatic N) is 1. The van der Waals surface area contributed by atoms with Gasteiger partial charge in [-0.25, -0.2) is 4.98 Å². The van der Waals surface area contributed by atoms with E-state index in [1.165, 1.54) is 17.8 Å². The van der Waals surface area contributed by atoms with Crippen LogP contribution in [0.4, 0.5) is 5.69 Å². The maximum atomic E-state index is 12.5. The number of amides is 1. The fourth-order valence-corrected chi connectivity index (χ4v) is 3.20. The van der Waals surface area contributed by atoms with Crippen LogP contribution in [0.1, 0.15) is 26.0 Å². The smallest absolute Gasteiger partial charge is 0.251 e. The third-order valence-corrected chi connectivity index (χ3v) is 5.23. The van der Waals surface area contributed by atoms with Crippen molar-refractivity contribution in [2.24, 2.45) is 0 Å². The first-order chi connectivity index (χ1) is 11.4. The number of rotatable bonds is 6. The third-order valence-electron chi connectivity index (χ3n) is 3.24. The van der Waals surface area contributed by atoms with E-state index in [9.17, 15) is 9.59 Å². The van der Waals surface area contributed by atoms with Crippen LogP contribution in [0.2, 0.25) is 10.0 Å². The molecule has 8 heteroatoms. The van der Waals surface area contributed by atoms with Crippen LogP contribution in [-0.2, 0) is 11.2 Å². The summed E-state index contributed by atoms with van der Waals surface area (Å²) in [6.45, 7) is 3.82. The van der Waals surface area contributed by atoms with Gasteiger partial charge >= 0.3 is 0 Å². The van der Waals surface area contributed by atoms with Crippen molar-refractivity contribution in [2.45, 2.75) is 37.1 Å². The Hall–Kier alpha value is -1.50. The Bertz CT molecular complexity index is 795. The van der Waals surface area contributed by atoms with Gasteiger partial charge < -0.3 is 10.3 Å². The van der Waals surface area contributed by atoms with Gasteiger partial charge in [0.1, 0.15) is 0 Å². The van der Waals surface area contributed by atoms with E-state index in [1.54, 1.807) is 18.2 Å². The summed E-state index contributed by atoms with van der Waals surface area (Å²) in [6.07, 6.45) is 1.24. The first kappa shape index (κ1) is 18.8. The van der Waals surface area contributed by atoms with E-state index < -0.39 is 5.25 Å². The highest BCUT2D eigenvalue weighted by atomic mass is 35.5. The van der Waals surface area contributed by atoms with Crippen molar-refractivity contribution >= 4 is 46.6 Å². The van der Waals surface area contributed by atoms with Gasteiger partial charge in [-0.05, 0) is 31.0 Å². The van der Waals surface area contributed by atoms with Crippen LogP contribution in [0, 0.1) is 0 Å². The molecule has 128 valence electrons. The van der Waals surface area contributed by atoms with Crippen molar-refractivity contribution in [2.75, 3.05) is 5.32 Å². The molecule has 5 nitrogen and oxygen atoms in total. The van der Waals surface area contributed by atoms with E-state index in [1.807, 2.05) is 13.8 Å². The number of aromatic amines is 1. The number of halogens is 2. The molecule has 1 unspecified atom stereocenters. The number of anilines is 1. The van der Waals surface area contributed by atoms with Gasteiger partial charge in [0, 0.05) is 17.4 Å². The summed E-state index contributed by atoms with van der Waals surface area (Å²) in [7, 11) is 0. The molecule has 0 radical (unpaired) electrons. The highest BCUT2D eigenvalue weighted by Gasteiger charge is 2.20. The second kappa shape index (κ2) is 8.55. The zero-order valence-corrected chi connectivity index (χ0v) is 15.6. The molecule has 0 aliphatic rings. The minimum atomic E-state index is -0.394. The summed E-state index contributed by atoms with van der Waals surface area (Å²) >= 11 is 13.0. The van der Waals surface area contributed by atoms with Gasteiger partial charge in [0.25, 0.3) is 5.56 Å². The van der Waals surface area contributed by atoms with E-state index in [0.717, 1.165) is 0 Å². The quantitative estimate of drug-likeness (QED) is 0.578. The number of hydrogen-bond donors (Lipinski definition) is 2. The minimum Gasteiger partial charge on any atom is -0.325 e. The summed E-state index contributed by atoms with van der Waals surface area (Å²) in [5.74, 6) is -0.189. The molecule has 0 aliphatic carbocycles. The van der Waals surface area contributed by atoms with Gasteiger partial charge in [-0.2, -0.15) is 0 Å². The number of thioether (sulfide) groups is 1. The summed E-state index contributed by atoms with van der Waals surface area (Å²) in [6, 6.07) is 6.36. The molecule has 2 N–H and O–H groups in total. The second-order valence-electron chi connectivity index (χ2n) is 5.03. The molecule has 1 aromatic carbocycles. The molecule has 2 aromatic rings. The summed E-state index contributed by atoms with van der Waals surface area (Å²) < 4.78 is 0. The van der Waals surface area contributed by atoms with Gasteiger partial charge in [0.05, 0.1) is 15.3 Å². The zero-order valence-electron chi connectivity index (χ0n) is 13.2. The normalized spacial score (nSPS) is 12.0. The number of carbonyl (C=O) groups excluding carboxylic acids is 1. The van der Waals surface area contributed by atoms with Crippen molar-refractivity contribution < 1.29 is 4.79 Å². The summed E-state index contributed by atoms with van der Waals surface area (Å²) in [5.41, 5.74) is 1.04. The third kappa shape index (κ3) is 5.00. The largest absolute Gasteiger partial charge is 0.325 e. The predicted octanol–water partition coefficient (Wildman–Crippen LogP) is 4.15. The van der Waals surface area contributed by atoms with Crippen LogP contribution < -0.4 is 10.9 Å². The topological polar surface area (TPSA) is 74.8 Å². The predicted molar refractivity (Wildman–Crippen MR) is 99.3 cm³/mol. The second-order valence-corrected chi connectivity index (χ2v) is 7.03. The van der Waals surface area contributed by atoms with Crippen LogP contribution in [0.5, 0.6) is 0 Å². The van der Waals surface area contributed by atoms with E-state index >= 15 is 0 Å². The highest BCUT2D eigenvalue weighted by molar-refractivity contribution is 8.00. The summed E-state index contributed by atoms with van der Waals surface area (Å²) in [5, 5.41) is 3.65. The number of nitrogens with one attached hydrogen (secondary N) is 2. The van der Waals surface area contributed by atoms with Crippen molar-refractivity contribution in [1.29, 1.82) is 0 Å². The summed E-state index contributed by atoms with van der Waals surface area (Å²) in [4.78, 5) is 31.1. The zero-order chi connectivity index (χ0) is 17.7. The van der Waals surface area contributed by atoms with Gasteiger partial charge in [-0.15, -0.1) is 0 Å². The Labute approximate surface area is 154 Å². The number of aryl methyl sites for hydroxylation is 1. The average Bonchev–Trinajstić information content (AvgIpc) is 2.55. The molecule has 0 spiro atoms. The maximum Gasteiger partial charge on any atom is 0.251 e. The number of carbonyl (C=O) groups is 1. The van der Waals surface area contributed by atoms with E-state index in [-0.39, 0.29) is 11.5 Å². The van der Waals surface area contributed by atoms with Crippen LogP contribution >= 0.6 is 35.0 Å². The SMILES string of the molecule is CCc1cc(=O)[nH]c(SC(CC)C(=O)Nc2ccc(Cl)c(Cl)c2)n1. The lowest BCUT2D eigenvalue weighted by Crippen LogP contribution is -2.25. The lowest BCUT2D eigenvalue weighted by Gasteiger charge is -2.14.